The van der Waals surface area contributed by atoms with Gasteiger partial charge < -0.3 is 14.8 Å². The molecule has 1 aliphatic heterocycles. The van der Waals surface area contributed by atoms with Gasteiger partial charge in [0.15, 0.2) is 0 Å². The lowest BCUT2D eigenvalue weighted by atomic mass is 9.63. The van der Waals surface area contributed by atoms with Crippen LogP contribution in [-0.2, 0) is 11.2 Å². The quantitative estimate of drug-likeness (QED) is 0.825. The summed E-state index contributed by atoms with van der Waals surface area (Å²) in [7, 11) is 1.79. The van der Waals surface area contributed by atoms with Crippen LogP contribution in [-0.4, -0.2) is 32.0 Å². The predicted molar refractivity (Wildman–Crippen MR) is 87.7 cm³/mol. The van der Waals surface area contributed by atoms with Crippen LogP contribution in [0.25, 0.3) is 0 Å². The van der Waals surface area contributed by atoms with Crippen molar-refractivity contribution in [2.45, 2.75) is 62.9 Å². The van der Waals surface area contributed by atoms with Crippen molar-refractivity contribution in [3.8, 4) is 5.75 Å². The second-order valence-corrected chi connectivity index (χ2v) is 7.67. The lowest BCUT2D eigenvalue weighted by molar-refractivity contribution is -0.139. The molecule has 3 aliphatic rings. The van der Waals surface area contributed by atoms with Gasteiger partial charge in [0.1, 0.15) is 5.75 Å². The number of hydrogen-bond acceptors (Lipinski definition) is 3. The second-order valence-electron chi connectivity index (χ2n) is 7.67. The van der Waals surface area contributed by atoms with Crippen molar-refractivity contribution in [1.29, 1.82) is 0 Å². The van der Waals surface area contributed by atoms with E-state index >= 15 is 0 Å². The van der Waals surface area contributed by atoms with E-state index in [2.05, 4.69) is 5.32 Å². The maximum atomic E-state index is 12.3. The number of benzene rings is 1. The summed E-state index contributed by atoms with van der Waals surface area (Å²) in [6, 6.07) is 6.60. The fourth-order valence-electron chi connectivity index (χ4n) is 4.71. The Bertz CT molecular complexity index is 638. The third kappa shape index (κ3) is 3.38. The Hall–Kier alpha value is -1.27. The van der Waals surface area contributed by atoms with Gasteiger partial charge in [-0.1, -0.05) is 6.07 Å². The number of hydrogen-bond donors (Lipinski definition) is 1. The van der Waals surface area contributed by atoms with Crippen LogP contribution in [0.2, 0.25) is 0 Å². The molecule has 1 saturated heterocycles. The van der Waals surface area contributed by atoms with Gasteiger partial charge in [-0.2, -0.15) is 13.2 Å². The standard InChI is InChI=1S/C19H24F3NO2/c1-24-13-4-6-18(7-5-13)11-12-2-3-14(25-9-8-19(20,21)22)10-15(12)16-17(18)23-16/h2-3,10,13,16-17,23H,4-9,11H2,1H3. The van der Waals surface area contributed by atoms with Crippen LogP contribution >= 0.6 is 0 Å². The Morgan fingerprint density at radius 3 is 2.68 bits per heavy atom. The van der Waals surface area contributed by atoms with Crippen LogP contribution in [0.1, 0.15) is 49.3 Å². The third-order valence-electron chi connectivity index (χ3n) is 6.15. The van der Waals surface area contributed by atoms with Crippen LogP contribution in [0.3, 0.4) is 0 Å². The van der Waals surface area contributed by atoms with E-state index < -0.39 is 12.6 Å². The molecule has 1 aromatic carbocycles. The predicted octanol–water partition coefficient (Wildman–Crippen LogP) is 4.16. The summed E-state index contributed by atoms with van der Waals surface area (Å²) in [5, 5.41) is 3.61. The van der Waals surface area contributed by atoms with Gasteiger partial charge in [-0.3, -0.25) is 0 Å². The van der Waals surface area contributed by atoms with Gasteiger partial charge in [0.05, 0.1) is 19.1 Å². The normalized spacial score (nSPS) is 33.7. The summed E-state index contributed by atoms with van der Waals surface area (Å²) in [6.07, 6.45) is 0.878. The van der Waals surface area contributed by atoms with E-state index in [1.54, 1.807) is 7.11 Å². The van der Waals surface area contributed by atoms with Crippen LogP contribution < -0.4 is 10.1 Å². The molecule has 1 heterocycles. The number of halogens is 3. The maximum Gasteiger partial charge on any atom is 0.392 e. The minimum absolute atomic E-state index is 0.311. The monoisotopic (exact) mass is 355 g/mol. The zero-order valence-corrected chi connectivity index (χ0v) is 14.4. The second kappa shape index (κ2) is 6.16. The first-order valence-corrected chi connectivity index (χ1v) is 9.01. The summed E-state index contributed by atoms with van der Waals surface area (Å²) in [5.74, 6) is 0.537. The van der Waals surface area contributed by atoms with E-state index in [-0.39, 0.29) is 6.61 Å². The van der Waals surface area contributed by atoms with Gasteiger partial charge in [-0.15, -0.1) is 0 Å². The number of methoxy groups -OCH3 is 1. The molecule has 138 valence electrons. The minimum atomic E-state index is -4.18. The molecular weight excluding hydrogens is 331 g/mol. The van der Waals surface area contributed by atoms with Crippen LogP contribution in [0.15, 0.2) is 18.2 Å². The molecule has 4 rings (SSSR count). The van der Waals surface area contributed by atoms with Crippen LogP contribution in [0.5, 0.6) is 5.75 Å². The van der Waals surface area contributed by atoms with Crippen molar-refractivity contribution in [2.24, 2.45) is 5.41 Å². The Morgan fingerprint density at radius 1 is 1.24 bits per heavy atom. The minimum Gasteiger partial charge on any atom is -0.493 e. The first kappa shape index (κ1) is 17.2. The first-order valence-electron chi connectivity index (χ1n) is 9.01. The average Bonchev–Trinajstić information content (AvgIpc) is 3.37. The summed E-state index contributed by atoms with van der Waals surface area (Å²) >= 11 is 0. The highest BCUT2D eigenvalue weighted by Crippen LogP contribution is 2.56. The van der Waals surface area contributed by atoms with E-state index in [1.807, 2.05) is 18.2 Å². The van der Waals surface area contributed by atoms with Gasteiger partial charge in [0.25, 0.3) is 0 Å². The summed E-state index contributed by atoms with van der Waals surface area (Å²) in [5.41, 5.74) is 2.82. The largest absolute Gasteiger partial charge is 0.493 e. The fraction of sp³-hybridized carbons (Fsp3) is 0.684. The molecule has 1 N–H and O–H groups in total. The fourth-order valence-corrected chi connectivity index (χ4v) is 4.71. The van der Waals surface area contributed by atoms with Crippen molar-refractivity contribution in [3.63, 3.8) is 0 Å². The zero-order chi connectivity index (χ0) is 17.7. The highest BCUT2D eigenvalue weighted by molar-refractivity contribution is 5.45. The molecule has 0 bridgehead atoms. The molecule has 0 radical (unpaired) electrons. The number of nitrogens with one attached hydrogen (secondary N) is 1. The number of rotatable bonds is 4. The molecule has 0 aromatic heterocycles. The van der Waals surface area contributed by atoms with Gasteiger partial charge in [-0.05, 0) is 60.8 Å². The third-order valence-corrected chi connectivity index (χ3v) is 6.15. The van der Waals surface area contributed by atoms with Crippen molar-refractivity contribution in [1.82, 2.24) is 5.32 Å². The lowest BCUT2D eigenvalue weighted by Crippen LogP contribution is -2.39. The number of fused-ring (bicyclic) bond motifs is 4. The van der Waals surface area contributed by atoms with E-state index in [9.17, 15) is 13.2 Å². The Labute approximate surface area is 145 Å². The molecule has 25 heavy (non-hydrogen) atoms. The topological polar surface area (TPSA) is 40.4 Å². The summed E-state index contributed by atoms with van der Waals surface area (Å²) < 4.78 is 47.6. The van der Waals surface area contributed by atoms with E-state index in [0.29, 0.717) is 29.4 Å². The van der Waals surface area contributed by atoms with Gasteiger partial charge >= 0.3 is 6.18 Å². The molecule has 2 fully saturated rings. The molecule has 0 amide bonds. The van der Waals surface area contributed by atoms with Gasteiger partial charge in [0, 0.05) is 19.2 Å². The summed E-state index contributed by atoms with van der Waals surface area (Å²) in [6.45, 7) is -0.327. The molecule has 1 aromatic rings. The molecule has 2 aliphatic carbocycles. The van der Waals surface area contributed by atoms with Crippen molar-refractivity contribution in [2.75, 3.05) is 13.7 Å². The molecular formula is C19H24F3NO2. The van der Waals surface area contributed by atoms with Crippen molar-refractivity contribution < 1.29 is 22.6 Å². The molecule has 2 atom stereocenters. The number of ether oxygens (including phenoxy) is 2. The Morgan fingerprint density at radius 2 is 2.00 bits per heavy atom. The highest BCUT2D eigenvalue weighted by Gasteiger charge is 2.57. The number of alkyl halides is 3. The van der Waals surface area contributed by atoms with Crippen molar-refractivity contribution >= 4 is 0 Å². The van der Waals surface area contributed by atoms with E-state index in [1.165, 1.54) is 24.0 Å². The first-order chi connectivity index (χ1) is 11.9. The summed E-state index contributed by atoms with van der Waals surface area (Å²) in [4.78, 5) is 0. The molecule has 1 saturated carbocycles. The van der Waals surface area contributed by atoms with Crippen LogP contribution in [0.4, 0.5) is 13.2 Å². The van der Waals surface area contributed by atoms with Crippen LogP contribution in [0, 0.1) is 5.41 Å². The lowest BCUT2D eigenvalue weighted by Gasteiger charge is -2.42. The molecule has 6 heteroatoms. The Balaban J connectivity index is 1.45. The zero-order valence-electron chi connectivity index (χ0n) is 14.4. The van der Waals surface area contributed by atoms with Gasteiger partial charge in [0.2, 0.25) is 0 Å². The average molecular weight is 355 g/mol. The Kier molecular flexibility index (Phi) is 4.23. The molecule has 2 unspecified atom stereocenters. The van der Waals surface area contributed by atoms with E-state index in [0.717, 1.165) is 19.3 Å². The molecule has 1 spiro atoms. The van der Waals surface area contributed by atoms with Crippen molar-refractivity contribution in [3.05, 3.63) is 29.3 Å². The SMILES string of the molecule is COC1CCC2(CC1)Cc1ccc(OCCC(F)(F)F)cc1C1NC12. The maximum absolute atomic E-state index is 12.3. The van der Waals surface area contributed by atoms with E-state index in [4.69, 9.17) is 9.47 Å². The van der Waals surface area contributed by atoms with Gasteiger partial charge in [-0.25, -0.2) is 0 Å². The smallest absolute Gasteiger partial charge is 0.392 e. The molecule has 3 nitrogen and oxygen atoms in total. The highest BCUT2D eigenvalue weighted by atomic mass is 19.4.